The average Bonchev–Trinajstić information content (AvgIpc) is 2.67. The summed E-state index contributed by atoms with van der Waals surface area (Å²) in [6.07, 6.45) is 0. The predicted octanol–water partition coefficient (Wildman–Crippen LogP) is 6.98. The van der Waals surface area contributed by atoms with Crippen LogP contribution in [0.25, 0.3) is 0 Å². The SMILES string of the molecule is Cc1cccc(C)c1S(OS(=O)(=O)C(F)(F)F)(c1ccccc1)c1c(C)cccc1C. The lowest BCUT2D eigenvalue weighted by molar-refractivity contribution is -0.0496. The van der Waals surface area contributed by atoms with Gasteiger partial charge in [0.15, 0.2) is 0 Å². The first kappa shape index (κ1) is 23.4. The number of hydrogen-bond acceptors (Lipinski definition) is 3. The predicted molar refractivity (Wildman–Crippen MR) is 117 cm³/mol. The van der Waals surface area contributed by atoms with E-state index in [1.54, 1.807) is 94.4 Å². The van der Waals surface area contributed by atoms with Crippen LogP contribution in [-0.4, -0.2) is 13.9 Å². The molecule has 31 heavy (non-hydrogen) atoms. The Kier molecular flexibility index (Phi) is 6.28. The summed E-state index contributed by atoms with van der Waals surface area (Å²) >= 11 is 0. The molecule has 3 nitrogen and oxygen atoms in total. The summed E-state index contributed by atoms with van der Waals surface area (Å²) in [4.78, 5) is 1.27. The number of aryl methyl sites for hydroxylation is 4. The monoisotopic (exact) mass is 468 g/mol. The van der Waals surface area contributed by atoms with Crippen LogP contribution in [0, 0.1) is 27.7 Å². The van der Waals surface area contributed by atoms with Gasteiger partial charge in [-0.25, -0.2) is 0 Å². The van der Waals surface area contributed by atoms with Crippen LogP contribution in [-0.2, 0) is 13.7 Å². The van der Waals surface area contributed by atoms with E-state index in [0.717, 1.165) is 0 Å². The number of rotatable bonds is 5. The quantitative estimate of drug-likeness (QED) is 0.379. The van der Waals surface area contributed by atoms with Crippen molar-refractivity contribution >= 4 is 20.4 Å². The van der Waals surface area contributed by atoms with Crippen LogP contribution < -0.4 is 0 Å². The van der Waals surface area contributed by atoms with Crippen LogP contribution in [0.5, 0.6) is 0 Å². The van der Waals surface area contributed by atoms with Crippen molar-refractivity contribution in [2.75, 3.05) is 0 Å². The number of hydrogen-bond donors (Lipinski definition) is 0. The van der Waals surface area contributed by atoms with E-state index in [9.17, 15) is 21.6 Å². The van der Waals surface area contributed by atoms with E-state index in [0.29, 0.717) is 36.9 Å². The number of halogens is 3. The Morgan fingerprint density at radius 1 is 0.645 bits per heavy atom. The van der Waals surface area contributed by atoms with E-state index in [2.05, 4.69) is 0 Å². The summed E-state index contributed by atoms with van der Waals surface area (Å²) in [6.45, 7) is 7.02. The lowest BCUT2D eigenvalue weighted by Gasteiger charge is -2.43. The van der Waals surface area contributed by atoms with Gasteiger partial charge in [-0.05, 0) is 72.4 Å². The molecule has 0 radical (unpaired) electrons. The number of benzene rings is 3. The Bertz CT molecular complexity index is 1110. The Balaban J connectivity index is 2.58. The highest BCUT2D eigenvalue weighted by Gasteiger charge is 2.53. The van der Waals surface area contributed by atoms with Crippen LogP contribution in [0.3, 0.4) is 0 Å². The van der Waals surface area contributed by atoms with Crippen LogP contribution in [0.1, 0.15) is 22.3 Å². The minimum Gasteiger partial charge on any atom is -0.200 e. The highest BCUT2D eigenvalue weighted by molar-refractivity contribution is 8.33. The van der Waals surface area contributed by atoms with E-state index in [-0.39, 0.29) is 0 Å². The molecule has 3 aromatic carbocycles. The molecule has 166 valence electrons. The van der Waals surface area contributed by atoms with Crippen molar-refractivity contribution in [3.8, 4) is 0 Å². The largest absolute Gasteiger partial charge is 0.524 e. The minimum absolute atomic E-state index is 0.373. The third-order valence-electron chi connectivity index (χ3n) is 4.94. The van der Waals surface area contributed by atoms with Crippen molar-refractivity contribution in [1.29, 1.82) is 0 Å². The molecule has 0 fully saturated rings. The molecule has 3 aromatic rings. The average molecular weight is 469 g/mol. The molecule has 0 unspecified atom stereocenters. The molecule has 0 heterocycles. The molecule has 0 aromatic heterocycles. The zero-order valence-corrected chi connectivity index (χ0v) is 19.2. The Morgan fingerprint density at radius 2 is 1.03 bits per heavy atom. The van der Waals surface area contributed by atoms with Gasteiger partial charge < -0.3 is 0 Å². The zero-order chi connectivity index (χ0) is 23.0. The molecule has 0 bridgehead atoms. The van der Waals surface area contributed by atoms with Gasteiger partial charge in [-0.1, -0.05) is 54.6 Å². The second kappa shape index (κ2) is 8.33. The van der Waals surface area contributed by atoms with Crippen LogP contribution in [0.2, 0.25) is 0 Å². The summed E-state index contributed by atoms with van der Waals surface area (Å²) in [6, 6.07) is 18.9. The first-order valence-corrected chi connectivity index (χ1v) is 12.4. The van der Waals surface area contributed by atoms with Gasteiger partial charge in [0.25, 0.3) is 0 Å². The fraction of sp³-hybridized carbons (Fsp3) is 0.217. The molecule has 0 aliphatic rings. The molecule has 8 heteroatoms. The van der Waals surface area contributed by atoms with E-state index >= 15 is 0 Å². The standard InChI is InChI=1S/C23H23F3O3S2/c1-16-10-8-11-17(2)21(16)30(20-14-6-5-7-15-20,29-31(27,28)23(24,25)26)22-18(3)12-9-13-19(22)4/h5-15H,1-4H3. The molecule has 0 N–H and O–H groups in total. The summed E-state index contributed by atoms with van der Waals surface area (Å²) in [5.74, 6) is 0. The van der Waals surface area contributed by atoms with Crippen molar-refractivity contribution in [2.24, 2.45) is 0 Å². The Hall–Kier alpha value is -2.29. The van der Waals surface area contributed by atoms with E-state index < -0.39 is 25.9 Å². The first-order chi connectivity index (χ1) is 14.4. The van der Waals surface area contributed by atoms with E-state index in [4.69, 9.17) is 3.63 Å². The number of alkyl halides is 3. The minimum atomic E-state index is -5.93. The molecule has 0 saturated carbocycles. The fourth-order valence-corrected chi connectivity index (χ4v) is 9.28. The molecule has 0 spiro atoms. The van der Waals surface area contributed by atoms with E-state index in [1.807, 2.05) is 0 Å². The maximum Gasteiger partial charge on any atom is 0.524 e. The first-order valence-electron chi connectivity index (χ1n) is 9.45. The molecule has 0 aliphatic carbocycles. The van der Waals surface area contributed by atoms with Gasteiger partial charge in [0.2, 0.25) is 0 Å². The molecule has 0 aliphatic heterocycles. The summed E-state index contributed by atoms with van der Waals surface area (Å²) < 4.78 is 71.3. The second-order valence-corrected chi connectivity index (χ2v) is 11.6. The van der Waals surface area contributed by atoms with Gasteiger partial charge in [0.1, 0.15) is 0 Å². The summed E-state index contributed by atoms with van der Waals surface area (Å²) in [5.41, 5.74) is -2.96. The molecule has 0 atom stereocenters. The van der Waals surface area contributed by atoms with Crippen molar-refractivity contribution < 1.29 is 25.2 Å². The van der Waals surface area contributed by atoms with Crippen molar-refractivity contribution in [2.45, 2.75) is 47.9 Å². The normalized spacial score (nSPS) is 13.3. The van der Waals surface area contributed by atoms with Crippen LogP contribution >= 0.6 is 10.3 Å². The molecular formula is C23H23F3O3S2. The van der Waals surface area contributed by atoms with Crippen LogP contribution in [0.4, 0.5) is 13.2 Å². The third-order valence-corrected chi connectivity index (χ3v) is 10.4. The zero-order valence-electron chi connectivity index (χ0n) is 17.5. The van der Waals surface area contributed by atoms with Crippen LogP contribution in [0.15, 0.2) is 81.4 Å². The van der Waals surface area contributed by atoms with Gasteiger partial charge in [-0.2, -0.15) is 25.2 Å². The summed E-state index contributed by atoms with van der Waals surface area (Å²) in [7, 11) is -9.23. The Morgan fingerprint density at radius 3 is 1.39 bits per heavy atom. The topological polar surface area (TPSA) is 43.4 Å². The fourth-order valence-electron chi connectivity index (χ4n) is 3.74. The van der Waals surface area contributed by atoms with Crippen molar-refractivity contribution in [3.05, 3.63) is 89.0 Å². The molecule has 0 amide bonds. The Labute approximate surface area is 182 Å². The maximum absolute atomic E-state index is 13.6. The molecule has 0 saturated heterocycles. The van der Waals surface area contributed by atoms with Gasteiger partial charge in [0, 0.05) is 14.7 Å². The smallest absolute Gasteiger partial charge is 0.200 e. The van der Waals surface area contributed by atoms with Gasteiger partial charge in [0.05, 0.1) is 0 Å². The highest BCUT2D eigenvalue weighted by atomic mass is 32.3. The van der Waals surface area contributed by atoms with Gasteiger partial charge >= 0.3 is 15.6 Å². The third kappa shape index (κ3) is 4.12. The van der Waals surface area contributed by atoms with Crippen molar-refractivity contribution in [1.82, 2.24) is 0 Å². The second-order valence-electron chi connectivity index (χ2n) is 7.28. The lowest BCUT2D eigenvalue weighted by atomic mass is 10.1. The lowest BCUT2D eigenvalue weighted by Crippen LogP contribution is -2.28. The van der Waals surface area contributed by atoms with Gasteiger partial charge in [-0.15, -0.1) is 0 Å². The van der Waals surface area contributed by atoms with E-state index in [1.165, 1.54) is 0 Å². The molecular weight excluding hydrogens is 445 g/mol. The molecule has 3 rings (SSSR count). The summed E-state index contributed by atoms with van der Waals surface area (Å²) in [5, 5.41) is 0. The van der Waals surface area contributed by atoms with Crippen molar-refractivity contribution in [3.63, 3.8) is 0 Å². The maximum atomic E-state index is 13.6. The van der Waals surface area contributed by atoms with Gasteiger partial charge in [-0.3, -0.25) is 0 Å². The highest BCUT2D eigenvalue weighted by Crippen LogP contribution is 2.73.